The van der Waals surface area contributed by atoms with E-state index in [2.05, 4.69) is 47.3 Å². The van der Waals surface area contributed by atoms with Gasteiger partial charge in [0.25, 0.3) is 0 Å². The molecule has 150 valence electrons. The van der Waals surface area contributed by atoms with Crippen LogP contribution < -0.4 is 10.1 Å². The fourth-order valence-corrected chi connectivity index (χ4v) is 2.73. The minimum atomic E-state index is -0.00215. The Kier molecular flexibility index (Phi) is 9.62. The molecule has 0 aromatic heterocycles. The number of aliphatic imine (C=N–C) groups is 1. The first kappa shape index (κ1) is 23.3. The molecule has 0 fully saturated rings. The van der Waals surface area contributed by atoms with Gasteiger partial charge in [-0.3, -0.25) is 4.79 Å². The van der Waals surface area contributed by atoms with E-state index in [1.165, 1.54) is 11.1 Å². The third-order valence-corrected chi connectivity index (χ3v) is 4.23. The van der Waals surface area contributed by atoms with Crippen LogP contribution in [0.4, 0.5) is 0 Å². The fraction of sp³-hybridized carbons (Fsp3) is 0.500. The summed E-state index contributed by atoms with van der Waals surface area (Å²) in [5.74, 6) is 1.66. The molecule has 0 radical (unpaired) electrons. The average molecular weight is 486 g/mol. The number of hydrogen-bond acceptors (Lipinski definition) is 3. The van der Waals surface area contributed by atoms with Crippen LogP contribution in [0.3, 0.4) is 0 Å². The number of nitrogens with one attached hydrogen (secondary N) is 1. The first-order chi connectivity index (χ1) is 12.4. The molecule has 1 aromatic carbocycles. The molecule has 1 amide bonds. The highest BCUT2D eigenvalue weighted by molar-refractivity contribution is 14.0. The summed E-state index contributed by atoms with van der Waals surface area (Å²) >= 11 is 0. The summed E-state index contributed by atoms with van der Waals surface area (Å²) in [6, 6.07) is 8.41. The summed E-state index contributed by atoms with van der Waals surface area (Å²) in [5, 5.41) is 3.37. The number of guanidine groups is 1. The highest BCUT2D eigenvalue weighted by Crippen LogP contribution is 2.25. The lowest BCUT2D eigenvalue weighted by atomic mass is 9.99. The van der Waals surface area contributed by atoms with Gasteiger partial charge in [0, 0.05) is 33.2 Å². The van der Waals surface area contributed by atoms with E-state index < -0.39 is 0 Å². The van der Waals surface area contributed by atoms with Crippen molar-refractivity contribution in [3.63, 3.8) is 0 Å². The Morgan fingerprint density at radius 1 is 1.37 bits per heavy atom. The van der Waals surface area contributed by atoms with Gasteiger partial charge in [0.2, 0.25) is 5.91 Å². The van der Waals surface area contributed by atoms with Crippen molar-refractivity contribution >= 4 is 41.4 Å². The van der Waals surface area contributed by atoms with Gasteiger partial charge in [0.05, 0.1) is 7.11 Å². The van der Waals surface area contributed by atoms with Crippen molar-refractivity contribution in [1.82, 2.24) is 15.1 Å². The second-order valence-corrected chi connectivity index (χ2v) is 6.88. The predicted octanol–water partition coefficient (Wildman–Crippen LogP) is 2.84. The summed E-state index contributed by atoms with van der Waals surface area (Å²) in [4.78, 5) is 20.1. The highest BCUT2D eigenvalue weighted by atomic mass is 127. The van der Waals surface area contributed by atoms with Crippen LogP contribution in [0.2, 0.25) is 0 Å². The Morgan fingerprint density at radius 3 is 2.67 bits per heavy atom. The number of benzene rings is 1. The SMILES string of the molecule is COc1cccc(C2=CCN(C(=NCC(=O)N(C)C)NC(C)C)CC2)c1.I. The van der Waals surface area contributed by atoms with Crippen LogP contribution in [0.5, 0.6) is 5.75 Å². The maximum absolute atomic E-state index is 11.9. The van der Waals surface area contributed by atoms with Crippen LogP contribution in [0.25, 0.3) is 5.57 Å². The first-order valence-electron chi connectivity index (χ1n) is 9.00. The zero-order chi connectivity index (χ0) is 19.1. The van der Waals surface area contributed by atoms with Crippen molar-refractivity contribution in [2.45, 2.75) is 26.3 Å². The van der Waals surface area contributed by atoms with Crippen molar-refractivity contribution in [3.05, 3.63) is 35.9 Å². The lowest BCUT2D eigenvalue weighted by Gasteiger charge is -2.31. The molecule has 1 aliphatic rings. The molecule has 0 saturated heterocycles. The lowest BCUT2D eigenvalue weighted by Crippen LogP contribution is -2.46. The summed E-state index contributed by atoms with van der Waals surface area (Å²) in [5.41, 5.74) is 2.51. The number of carbonyl (C=O) groups is 1. The first-order valence-corrected chi connectivity index (χ1v) is 9.00. The minimum Gasteiger partial charge on any atom is -0.497 e. The van der Waals surface area contributed by atoms with E-state index in [1.54, 1.807) is 26.1 Å². The van der Waals surface area contributed by atoms with Gasteiger partial charge >= 0.3 is 0 Å². The van der Waals surface area contributed by atoms with Crippen molar-refractivity contribution in [1.29, 1.82) is 0 Å². The number of carbonyl (C=O) groups excluding carboxylic acids is 1. The average Bonchev–Trinajstić information content (AvgIpc) is 2.64. The zero-order valence-corrected chi connectivity index (χ0v) is 19.2. The monoisotopic (exact) mass is 486 g/mol. The molecule has 0 saturated carbocycles. The Hall–Kier alpha value is -1.77. The van der Waals surface area contributed by atoms with E-state index >= 15 is 0 Å². The van der Waals surface area contributed by atoms with E-state index in [-0.39, 0.29) is 42.5 Å². The van der Waals surface area contributed by atoms with Crippen LogP contribution in [-0.4, -0.2) is 68.5 Å². The second-order valence-electron chi connectivity index (χ2n) is 6.88. The number of rotatable bonds is 5. The molecule has 0 spiro atoms. The van der Waals surface area contributed by atoms with E-state index in [4.69, 9.17) is 4.74 Å². The number of likely N-dealkylation sites (N-methyl/N-ethyl adjacent to an activating group) is 1. The number of amides is 1. The molecule has 1 N–H and O–H groups in total. The Morgan fingerprint density at radius 2 is 2.11 bits per heavy atom. The van der Waals surface area contributed by atoms with Gasteiger partial charge in [-0.15, -0.1) is 24.0 Å². The molecule has 0 unspecified atom stereocenters. The van der Waals surface area contributed by atoms with E-state index in [1.807, 2.05) is 12.1 Å². The molecule has 1 aromatic rings. The second kappa shape index (κ2) is 11.2. The maximum atomic E-state index is 11.9. The Labute approximate surface area is 179 Å². The number of ether oxygens (including phenoxy) is 1. The quantitative estimate of drug-likeness (QED) is 0.395. The molecule has 0 atom stereocenters. The molecular weight excluding hydrogens is 455 g/mol. The lowest BCUT2D eigenvalue weighted by molar-refractivity contribution is -0.127. The largest absolute Gasteiger partial charge is 0.497 e. The Balaban J connectivity index is 0.00000364. The van der Waals surface area contributed by atoms with Crippen molar-refractivity contribution in [2.75, 3.05) is 40.8 Å². The van der Waals surface area contributed by atoms with Gasteiger partial charge in [-0.05, 0) is 43.5 Å². The zero-order valence-electron chi connectivity index (χ0n) is 16.9. The van der Waals surface area contributed by atoms with Crippen molar-refractivity contribution in [2.24, 2.45) is 4.99 Å². The van der Waals surface area contributed by atoms with Crippen molar-refractivity contribution in [3.8, 4) is 5.75 Å². The van der Waals surface area contributed by atoms with Crippen LogP contribution in [0, 0.1) is 0 Å². The van der Waals surface area contributed by atoms with Gasteiger partial charge in [-0.2, -0.15) is 0 Å². The van der Waals surface area contributed by atoms with Crippen molar-refractivity contribution < 1.29 is 9.53 Å². The number of halogens is 1. The van der Waals surface area contributed by atoms with Crippen LogP contribution in [-0.2, 0) is 4.79 Å². The molecule has 2 rings (SSSR count). The third-order valence-electron chi connectivity index (χ3n) is 4.23. The van der Waals surface area contributed by atoms with Gasteiger partial charge in [0.1, 0.15) is 12.3 Å². The van der Waals surface area contributed by atoms with E-state index in [9.17, 15) is 4.79 Å². The smallest absolute Gasteiger partial charge is 0.243 e. The minimum absolute atomic E-state index is 0. The van der Waals surface area contributed by atoms with Gasteiger partial charge in [0.15, 0.2) is 5.96 Å². The highest BCUT2D eigenvalue weighted by Gasteiger charge is 2.18. The molecule has 6 nitrogen and oxygen atoms in total. The predicted molar refractivity (Wildman–Crippen MR) is 122 cm³/mol. The molecule has 0 aliphatic carbocycles. The topological polar surface area (TPSA) is 57.2 Å². The number of nitrogens with zero attached hydrogens (tertiary/aromatic N) is 3. The fourth-order valence-electron chi connectivity index (χ4n) is 2.73. The van der Waals surface area contributed by atoms with Gasteiger partial charge < -0.3 is 19.9 Å². The summed E-state index contributed by atoms with van der Waals surface area (Å²) in [6.45, 7) is 5.93. The summed E-state index contributed by atoms with van der Waals surface area (Å²) in [7, 11) is 5.18. The Bertz CT molecular complexity index is 686. The molecule has 7 heteroatoms. The molecule has 1 aliphatic heterocycles. The summed E-state index contributed by atoms with van der Waals surface area (Å²) < 4.78 is 5.32. The van der Waals surface area contributed by atoms with Crippen LogP contribution >= 0.6 is 24.0 Å². The molecule has 1 heterocycles. The van der Waals surface area contributed by atoms with E-state index in [0.717, 1.165) is 31.2 Å². The van der Waals surface area contributed by atoms with Crippen LogP contribution in [0.1, 0.15) is 25.8 Å². The van der Waals surface area contributed by atoms with Crippen LogP contribution in [0.15, 0.2) is 35.3 Å². The van der Waals surface area contributed by atoms with Gasteiger partial charge in [-0.25, -0.2) is 4.99 Å². The standard InChI is InChI=1S/C20H30N4O2.HI/c1-15(2)22-20(21-14-19(25)23(3)4)24-11-9-16(10-12-24)17-7-6-8-18(13-17)26-5;/h6-9,13,15H,10-12,14H2,1-5H3,(H,21,22);1H. The van der Waals surface area contributed by atoms with Gasteiger partial charge in [-0.1, -0.05) is 18.2 Å². The third kappa shape index (κ3) is 7.04. The number of methoxy groups -OCH3 is 1. The molecular formula is C20H31IN4O2. The number of hydrogen-bond donors (Lipinski definition) is 1. The van der Waals surface area contributed by atoms with E-state index in [0.29, 0.717) is 0 Å². The molecule has 27 heavy (non-hydrogen) atoms. The summed E-state index contributed by atoms with van der Waals surface area (Å²) in [6.07, 6.45) is 3.15. The normalized spacial score (nSPS) is 14.4. The molecule has 0 bridgehead atoms. The maximum Gasteiger partial charge on any atom is 0.243 e.